The van der Waals surface area contributed by atoms with E-state index in [-0.39, 0.29) is 11.8 Å². The SMILES string of the molecule is COc1ccc(C(=O)Nc2ccc(NC(=O)c3ccc(Cl)c(Cl)c3)cc2)cc1OC. The van der Waals surface area contributed by atoms with Crippen LogP contribution in [0.15, 0.2) is 60.7 Å². The van der Waals surface area contributed by atoms with E-state index in [2.05, 4.69) is 10.6 Å². The van der Waals surface area contributed by atoms with Crippen molar-refractivity contribution in [2.75, 3.05) is 24.9 Å². The molecule has 0 unspecified atom stereocenters. The molecule has 0 fully saturated rings. The second-order valence-electron chi connectivity index (χ2n) is 6.18. The summed E-state index contributed by atoms with van der Waals surface area (Å²) in [5.41, 5.74) is 1.94. The van der Waals surface area contributed by atoms with Gasteiger partial charge in [-0.25, -0.2) is 0 Å². The Kier molecular flexibility index (Phi) is 6.82. The summed E-state index contributed by atoms with van der Waals surface area (Å²) in [5.74, 6) is 0.376. The minimum atomic E-state index is -0.323. The van der Waals surface area contributed by atoms with Crippen LogP contribution in [-0.2, 0) is 0 Å². The Balaban J connectivity index is 1.66. The average Bonchev–Trinajstić information content (AvgIpc) is 2.76. The summed E-state index contributed by atoms with van der Waals surface area (Å²) in [4.78, 5) is 24.8. The number of carbonyl (C=O) groups excluding carboxylic acids is 2. The second kappa shape index (κ2) is 9.52. The molecule has 2 N–H and O–H groups in total. The molecule has 0 bridgehead atoms. The maximum absolute atomic E-state index is 12.5. The van der Waals surface area contributed by atoms with Gasteiger partial charge in [-0.15, -0.1) is 0 Å². The smallest absolute Gasteiger partial charge is 0.255 e. The zero-order valence-corrected chi connectivity index (χ0v) is 17.7. The number of carbonyl (C=O) groups is 2. The molecule has 0 aliphatic heterocycles. The summed E-state index contributed by atoms with van der Waals surface area (Å²) in [6.07, 6.45) is 0. The highest BCUT2D eigenvalue weighted by Gasteiger charge is 2.12. The zero-order chi connectivity index (χ0) is 21.7. The predicted octanol–water partition coefficient (Wildman–Crippen LogP) is 5.52. The van der Waals surface area contributed by atoms with Crippen molar-refractivity contribution in [3.05, 3.63) is 81.8 Å². The third kappa shape index (κ3) is 5.03. The van der Waals surface area contributed by atoms with Crippen LogP contribution in [0.2, 0.25) is 10.0 Å². The van der Waals surface area contributed by atoms with Gasteiger partial charge in [-0.05, 0) is 60.7 Å². The lowest BCUT2D eigenvalue weighted by atomic mass is 10.1. The maximum atomic E-state index is 12.5. The van der Waals surface area contributed by atoms with Crippen LogP contribution < -0.4 is 20.1 Å². The van der Waals surface area contributed by atoms with Gasteiger partial charge in [0.25, 0.3) is 11.8 Å². The van der Waals surface area contributed by atoms with Gasteiger partial charge in [0.15, 0.2) is 11.5 Å². The zero-order valence-electron chi connectivity index (χ0n) is 16.2. The normalized spacial score (nSPS) is 10.3. The first-order valence-corrected chi connectivity index (χ1v) is 9.56. The van der Waals surface area contributed by atoms with Gasteiger partial charge in [0, 0.05) is 22.5 Å². The lowest BCUT2D eigenvalue weighted by Crippen LogP contribution is -2.13. The molecule has 3 aromatic rings. The van der Waals surface area contributed by atoms with Crippen LogP contribution in [0.3, 0.4) is 0 Å². The van der Waals surface area contributed by atoms with Crippen LogP contribution in [-0.4, -0.2) is 26.0 Å². The van der Waals surface area contributed by atoms with Crippen molar-refractivity contribution < 1.29 is 19.1 Å². The highest BCUT2D eigenvalue weighted by Crippen LogP contribution is 2.28. The first-order valence-electron chi connectivity index (χ1n) is 8.81. The predicted molar refractivity (Wildman–Crippen MR) is 118 cm³/mol. The maximum Gasteiger partial charge on any atom is 0.255 e. The van der Waals surface area contributed by atoms with Crippen molar-refractivity contribution in [1.82, 2.24) is 0 Å². The molecule has 0 atom stereocenters. The molecule has 154 valence electrons. The number of hydrogen-bond donors (Lipinski definition) is 2. The molecule has 6 nitrogen and oxygen atoms in total. The van der Waals surface area contributed by atoms with Crippen molar-refractivity contribution in [3.8, 4) is 11.5 Å². The van der Waals surface area contributed by atoms with Gasteiger partial charge in [-0.1, -0.05) is 23.2 Å². The number of ether oxygens (including phenoxy) is 2. The quantitative estimate of drug-likeness (QED) is 0.524. The summed E-state index contributed by atoms with van der Waals surface area (Å²) in [5, 5.41) is 6.23. The molecule has 0 saturated heterocycles. The van der Waals surface area contributed by atoms with Crippen LogP contribution in [0.25, 0.3) is 0 Å². The van der Waals surface area contributed by atoms with E-state index in [1.54, 1.807) is 54.6 Å². The topological polar surface area (TPSA) is 76.7 Å². The Morgan fingerprint density at radius 3 is 1.67 bits per heavy atom. The van der Waals surface area contributed by atoms with Gasteiger partial charge in [-0.3, -0.25) is 9.59 Å². The Hall–Kier alpha value is -3.22. The van der Waals surface area contributed by atoms with Crippen molar-refractivity contribution in [2.24, 2.45) is 0 Å². The Morgan fingerprint density at radius 1 is 0.667 bits per heavy atom. The van der Waals surface area contributed by atoms with E-state index in [0.29, 0.717) is 44.0 Å². The molecule has 0 saturated carbocycles. The largest absolute Gasteiger partial charge is 0.493 e. The molecule has 0 spiro atoms. The van der Waals surface area contributed by atoms with Crippen LogP contribution in [0.1, 0.15) is 20.7 Å². The third-order valence-electron chi connectivity index (χ3n) is 4.23. The number of nitrogens with one attached hydrogen (secondary N) is 2. The summed E-state index contributed by atoms with van der Waals surface area (Å²) in [7, 11) is 3.03. The number of rotatable bonds is 6. The van der Waals surface area contributed by atoms with Gasteiger partial charge in [0.05, 0.1) is 24.3 Å². The highest BCUT2D eigenvalue weighted by atomic mass is 35.5. The number of amides is 2. The molecule has 0 heterocycles. The van der Waals surface area contributed by atoms with Crippen LogP contribution in [0, 0.1) is 0 Å². The fraction of sp³-hybridized carbons (Fsp3) is 0.0909. The monoisotopic (exact) mass is 444 g/mol. The van der Waals surface area contributed by atoms with E-state index in [0.717, 1.165) is 0 Å². The summed E-state index contributed by atoms with van der Waals surface area (Å²) in [6, 6.07) is 16.3. The van der Waals surface area contributed by atoms with Crippen molar-refractivity contribution in [1.29, 1.82) is 0 Å². The van der Waals surface area contributed by atoms with Crippen LogP contribution >= 0.6 is 23.2 Å². The fourth-order valence-corrected chi connectivity index (χ4v) is 2.96. The third-order valence-corrected chi connectivity index (χ3v) is 4.97. The van der Waals surface area contributed by atoms with Crippen molar-refractivity contribution >= 4 is 46.4 Å². The fourth-order valence-electron chi connectivity index (χ4n) is 2.66. The summed E-state index contributed by atoms with van der Waals surface area (Å²) in [6.45, 7) is 0. The molecule has 0 aliphatic carbocycles. The minimum Gasteiger partial charge on any atom is -0.493 e. The number of anilines is 2. The molecular weight excluding hydrogens is 427 g/mol. The molecule has 0 aliphatic rings. The van der Waals surface area contributed by atoms with Gasteiger partial charge in [0.1, 0.15) is 0 Å². The van der Waals surface area contributed by atoms with Crippen LogP contribution in [0.5, 0.6) is 11.5 Å². The van der Waals surface area contributed by atoms with E-state index < -0.39 is 0 Å². The molecule has 3 aromatic carbocycles. The number of benzene rings is 3. The molecule has 0 radical (unpaired) electrons. The lowest BCUT2D eigenvalue weighted by molar-refractivity contribution is 0.101. The summed E-state index contributed by atoms with van der Waals surface area (Å²) < 4.78 is 10.4. The molecule has 30 heavy (non-hydrogen) atoms. The van der Waals surface area contributed by atoms with E-state index in [1.165, 1.54) is 20.3 Å². The van der Waals surface area contributed by atoms with Gasteiger partial charge in [0.2, 0.25) is 0 Å². The van der Waals surface area contributed by atoms with Gasteiger partial charge < -0.3 is 20.1 Å². The first kappa shape index (κ1) is 21.5. The van der Waals surface area contributed by atoms with E-state index >= 15 is 0 Å². The van der Waals surface area contributed by atoms with Gasteiger partial charge in [-0.2, -0.15) is 0 Å². The number of hydrogen-bond acceptors (Lipinski definition) is 4. The van der Waals surface area contributed by atoms with Crippen LogP contribution in [0.4, 0.5) is 11.4 Å². The number of halogens is 2. The highest BCUT2D eigenvalue weighted by molar-refractivity contribution is 6.42. The van der Waals surface area contributed by atoms with E-state index in [4.69, 9.17) is 32.7 Å². The average molecular weight is 445 g/mol. The van der Waals surface area contributed by atoms with E-state index in [9.17, 15) is 9.59 Å². The standard InChI is InChI=1S/C22H18Cl2N2O4/c1-29-19-10-4-14(12-20(19)30-2)22(28)26-16-7-5-15(6-8-16)25-21(27)13-3-9-17(23)18(24)11-13/h3-12H,1-2H3,(H,25,27)(H,26,28). The molecule has 3 rings (SSSR count). The van der Waals surface area contributed by atoms with Crippen molar-refractivity contribution in [2.45, 2.75) is 0 Å². The van der Waals surface area contributed by atoms with Gasteiger partial charge >= 0.3 is 0 Å². The number of methoxy groups -OCH3 is 2. The molecular formula is C22H18Cl2N2O4. The minimum absolute atomic E-state index is 0.302. The second-order valence-corrected chi connectivity index (χ2v) is 7.00. The lowest BCUT2D eigenvalue weighted by Gasteiger charge is -2.11. The first-order chi connectivity index (χ1) is 14.4. The Bertz CT molecular complexity index is 1080. The molecule has 2 amide bonds. The molecule has 8 heteroatoms. The van der Waals surface area contributed by atoms with Crippen molar-refractivity contribution in [3.63, 3.8) is 0 Å². The van der Waals surface area contributed by atoms with E-state index in [1.807, 2.05) is 0 Å². The Morgan fingerprint density at radius 2 is 1.17 bits per heavy atom. The summed E-state index contributed by atoms with van der Waals surface area (Å²) >= 11 is 11.8. The molecule has 0 aromatic heterocycles. The Labute approximate surface area is 183 Å².